The van der Waals surface area contributed by atoms with Crippen LogP contribution in [0.3, 0.4) is 0 Å². The number of hydrogen-bond donors (Lipinski definition) is 0. The van der Waals surface area contributed by atoms with E-state index in [1.165, 1.54) is 23.5 Å². The van der Waals surface area contributed by atoms with Crippen LogP contribution < -0.4 is 4.80 Å². The van der Waals surface area contributed by atoms with Gasteiger partial charge in [-0.15, -0.1) is 0 Å². The van der Waals surface area contributed by atoms with Crippen LogP contribution in [0.4, 0.5) is 5.69 Å². The first-order valence-electron chi connectivity index (χ1n) is 7.96. The SMILES string of the molecule is CSCCn1c(=NC(=O)Cc2ccccc2)sc2cc([N+](=O)[O-])ccc21. The molecule has 0 bridgehead atoms. The Morgan fingerprint density at radius 1 is 1.27 bits per heavy atom. The van der Waals surface area contributed by atoms with Crippen molar-refractivity contribution in [2.24, 2.45) is 4.99 Å². The minimum Gasteiger partial charge on any atom is -0.316 e. The first-order chi connectivity index (χ1) is 12.6. The van der Waals surface area contributed by atoms with Crippen molar-refractivity contribution in [3.63, 3.8) is 0 Å². The van der Waals surface area contributed by atoms with E-state index in [2.05, 4.69) is 4.99 Å². The first kappa shape index (κ1) is 18.3. The van der Waals surface area contributed by atoms with Gasteiger partial charge in [-0.1, -0.05) is 41.7 Å². The molecule has 0 aliphatic carbocycles. The standard InChI is InChI=1S/C18H17N3O3S2/c1-25-10-9-20-15-8-7-14(21(23)24)12-16(15)26-18(20)19-17(22)11-13-5-3-2-4-6-13/h2-8,12H,9-11H2,1H3. The molecular formula is C18H17N3O3S2. The van der Waals surface area contributed by atoms with E-state index in [4.69, 9.17) is 0 Å². The number of thiazole rings is 1. The molecule has 1 amide bonds. The fourth-order valence-electron chi connectivity index (χ4n) is 2.58. The zero-order chi connectivity index (χ0) is 18.5. The molecular weight excluding hydrogens is 370 g/mol. The molecule has 26 heavy (non-hydrogen) atoms. The highest BCUT2D eigenvalue weighted by Gasteiger charge is 2.12. The molecule has 8 heteroatoms. The smallest absolute Gasteiger partial charge is 0.270 e. The number of amides is 1. The number of carbonyl (C=O) groups is 1. The van der Waals surface area contributed by atoms with E-state index in [0.29, 0.717) is 11.3 Å². The average molecular weight is 387 g/mol. The molecule has 0 radical (unpaired) electrons. The summed E-state index contributed by atoms with van der Waals surface area (Å²) in [5, 5.41) is 11.0. The van der Waals surface area contributed by atoms with E-state index < -0.39 is 4.92 Å². The maximum absolute atomic E-state index is 12.4. The molecule has 1 heterocycles. The van der Waals surface area contributed by atoms with Crippen molar-refractivity contribution in [2.45, 2.75) is 13.0 Å². The third-order valence-corrected chi connectivity index (χ3v) is 5.45. The number of nitro groups is 1. The number of thioether (sulfide) groups is 1. The zero-order valence-corrected chi connectivity index (χ0v) is 15.8. The number of nitrogens with zero attached hydrogens (tertiary/aromatic N) is 3. The maximum atomic E-state index is 12.4. The molecule has 0 saturated carbocycles. The Bertz CT molecular complexity index is 1010. The molecule has 0 unspecified atom stereocenters. The highest BCUT2D eigenvalue weighted by atomic mass is 32.2. The van der Waals surface area contributed by atoms with Crippen molar-refractivity contribution in [3.8, 4) is 0 Å². The van der Waals surface area contributed by atoms with Crippen molar-refractivity contribution in [3.05, 3.63) is 69.0 Å². The number of benzene rings is 2. The second-order valence-electron chi connectivity index (χ2n) is 5.61. The lowest BCUT2D eigenvalue weighted by Gasteiger charge is -2.03. The van der Waals surface area contributed by atoms with E-state index in [9.17, 15) is 14.9 Å². The Hall–Kier alpha value is -2.45. The lowest BCUT2D eigenvalue weighted by Crippen LogP contribution is -2.18. The summed E-state index contributed by atoms with van der Waals surface area (Å²) in [5.41, 5.74) is 1.81. The number of fused-ring (bicyclic) bond motifs is 1. The third-order valence-electron chi connectivity index (χ3n) is 3.81. The second-order valence-corrected chi connectivity index (χ2v) is 7.60. The summed E-state index contributed by atoms with van der Waals surface area (Å²) >= 11 is 3.00. The highest BCUT2D eigenvalue weighted by Crippen LogP contribution is 2.23. The lowest BCUT2D eigenvalue weighted by molar-refractivity contribution is -0.384. The van der Waals surface area contributed by atoms with Gasteiger partial charge in [0.05, 0.1) is 21.6 Å². The summed E-state index contributed by atoms with van der Waals surface area (Å²) in [7, 11) is 0. The zero-order valence-electron chi connectivity index (χ0n) is 14.1. The van der Waals surface area contributed by atoms with Crippen LogP contribution in [0.15, 0.2) is 53.5 Å². The number of non-ortho nitro benzene ring substituents is 1. The normalized spacial score (nSPS) is 11.8. The Kier molecular flexibility index (Phi) is 5.85. The summed E-state index contributed by atoms with van der Waals surface area (Å²) in [5.74, 6) is 0.637. The van der Waals surface area contributed by atoms with Gasteiger partial charge < -0.3 is 4.57 Å². The lowest BCUT2D eigenvalue weighted by atomic mass is 10.1. The quantitative estimate of drug-likeness (QED) is 0.478. The molecule has 3 rings (SSSR count). The van der Waals surface area contributed by atoms with Crippen molar-refractivity contribution >= 4 is 44.9 Å². The number of aromatic nitrogens is 1. The van der Waals surface area contributed by atoms with Crippen LogP contribution in [0.5, 0.6) is 0 Å². The van der Waals surface area contributed by atoms with Crippen molar-refractivity contribution in [1.29, 1.82) is 0 Å². The van der Waals surface area contributed by atoms with E-state index in [0.717, 1.165) is 21.5 Å². The predicted octanol–water partition coefficient (Wildman–Crippen LogP) is 3.64. The summed E-state index contributed by atoms with van der Waals surface area (Å²) in [6.45, 7) is 0.691. The Morgan fingerprint density at radius 3 is 2.73 bits per heavy atom. The Balaban J connectivity index is 2.01. The molecule has 1 aromatic heterocycles. The van der Waals surface area contributed by atoms with Crippen LogP contribution in [0, 0.1) is 10.1 Å². The predicted molar refractivity (Wildman–Crippen MR) is 106 cm³/mol. The van der Waals surface area contributed by atoms with Crippen LogP contribution >= 0.6 is 23.1 Å². The monoisotopic (exact) mass is 387 g/mol. The van der Waals surface area contributed by atoms with Gasteiger partial charge in [-0.25, -0.2) is 0 Å². The number of carbonyl (C=O) groups excluding carboxylic acids is 1. The van der Waals surface area contributed by atoms with Gasteiger partial charge in [-0.2, -0.15) is 16.8 Å². The molecule has 3 aromatic rings. The van der Waals surface area contributed by atoms with E-state index in [1.807, 2.05) is 41.2 Å². The van der Waals surface area contributed by atoms with Crippen LogP contribution in [0.2, 0.25) is 0 Å². The first-order valence-corrected chi connectivity index (χ1v) is 10.2. The molecule has 0 spiro atoms. The molecule has 0 N–H and O–H groups in total. The number of rotatable bonds is 6. The van der Waals surface area contributed by atoms with Gasteiger partial charge in [0.1, 0.15) is 0 Å². The number of hydrogen-bond acceptors (Lipinski definition) is 5. The molecule has 134 valence electrons. The Labute approximate surface area is 158 Å². The molecule has 0 saturated heterocycles. The number of aryl methyl sites for hydroxylation is 1. The van der Waals surface area contributed by atoms with Gasteiger partial charge in [0, 0.05) is 24.4 Å². The maximum Gasteiger partial charge on any atom is 0.270 e. The van der Waals surface area contributed by atoms with Crippen LogP contribution in [-0.2, 0) is 17.8 Å². The molecule has 6 nitrogen and oxygen atoms in total. The van der Waals surface area contributed by atoms with E-state index in [-0.39, 0.29) is 18.0 Å². The summed E-state index contributed by atoms with van der Waals surface area (Å²) in [6.07, 6.45) is 2.25. The Morgan fingerprint density at radius 2 is 2.04 bits per heavy atom. The van der Waals surface area contributed by atoms with Gasteiger partial charge in [0.15, 0.2) is 4.80 Å². The minimum atomic E-state index is -0.414. The van der Waals surface area contributed by atoms with Gasteiger partial charge in [-0.3, -0.25) is 14.9 Å². The van der Waals surface area contributed by atoms with Crippen LogP contribution in [0.25, 0.3) is 10.2 Å². The van der Waals surface area contributed by atoms with Gasteiger partial charge in [0.25, 0.3) is 11.6 Å². The van der Waals surface area contributed by atoms with Crippen molar-refractivity contribution in [1.82, 2.24) is 4.57 Å². The van der Waals surface area contributed by atoms with Gasteiger partial charge in [0.2, 0.25) is 0 Å². The summed E-state index contributed by atoms with van der Waals surface area (Å²) < 4.78 is 2.72. The summed E-state index contributed by atoms with van der Waals surface area (Å²) in [6, 6.07) is 14.2. The third kappa shape index (κ3) is 4.20. The fourth-order valence-corrected chi connectivity index (χ4v) is 4.05. The molecule has 0 fully saturated rings. The topological polar surface area (TPSA) is 77.5 Å². The average Bonchev–Trinajstić information content (AvgIpc) is 2.96. The van der Waals surface area contributed by atoms with E-state index >= 15 is 0 Å². The number of nitro benzene ring substituents is 1. The van der Waals surface area contributed by atoms with Gasteiger partial charge in [-0.05, 0) is 17.9 Å². The largest absolute Gasteiger partial charge is 0.316 e. The fraction of sp³-hybridized carbons (Fsp3) is 0.222. The van der Waals surface area contributed by atoms with Crippen LogP contribution in [0.1, 0.15) is 5.56 Å². The highest BCUT2D eigenvalue weighted by molar-refractivity contribution is 7.98. The van der Waals surface area contributed by atoms with E-state index in [1.54, 1.807) is 17.8 Å². The second kappa shape index (κ2) is 8.29. The minimum absolute atomic E-state index is 0.0397. The van der Waals surface area contributed by atoms with Gasteiger partial charge >= 0.3 is 0 Å². The molecule has 2 aromatic carbocycles. The van der Waals surface area contributed by atoms with Crippen molar-refractivity contribution < 1.29 is 9.72 Å². The van der Waals surface area contributed by atoms with Crippen molar-refractivity contribution in [2.75, 3.05) is 12.0 Å². The summed E-state index contributed by atoms with van der Waals surface area (Å²) in [4.78, 5) is 27.8. The van der Waals surface area contributed by atoms with Crippen LogP contribution in [-0.4, -0.2) is 27.4 Å². The molecule has 0 aliphatic rings. The molecule has 0 aliphatic heterocycles. The molecule has 0 atom stereocenters.